The predicted molar refractivity (Wildman–Crippen MR) is 78.8 cm³/mol. The molecule has 1 aromatic heterocycles. The zero-order valence-corrected chi connectivity index (χ0v) is 12.9. The van der Waals surface area contributed by atoms with E-state index >= 15 is 0 Å². The fourth-order valence-electron chi connectivity index (χ4n) is 2.19. The van der Waals surface area contributed by atoms with Crippen molar-refractivity contribution in [3.8, 4) is 0 Å². The Bertz CT molecular complexity index is 492. The van der Waals surface area contributed by atoms with E-state index in [1.807, 2.05) is 12.3 Å². The molecule has 1 fully saturated rings. The van der Waals surface area contributed by atoms with Gasteiger partial charge in [-0.3, -0.25) is 0 Å². The lowest BCUT2D eigenvalue weighted by molar-refractivity contribution is 0.297. The highest BCUT2D eigenvalue weighted by atomic mass is 32.2. The highest BCUT2D eigenvalue weighted by molar-refractivity contribution is 7.89. The smallest absolute Gasteiger partial charge is 0.241 e. The van der Waals surface area contributed by atoms with Crippen LogP contribution in [0, 0.1) is 5.92 Å². The third kappa shape index (κ3) is 4.02. The SMILES string of the molecule is CCNCc1sccc1S(=O)(=O)NCCC1CCC1. The van der Waals surface area contributed by atoms with Crippen molar-refractivity contribution < 1.29 is 8.42 Å². The third-order valence-electron chi connectivity index (χ3n) is 3.60. The number of hydrogen-bond acceptors (Lipinski definition) is 4. The van der Waals surface area contributed by atoms with Crippen LogP contribution in [0.15, 0.2) is 16.3 Å². The van der Waals surface area contributed by atoms with E-state index in [4.69, 9.17) is 0 Å². The van der Waals surface area contributed by atoms with E-state index in [0.717, 1.165) is 23.8 Å². The molecular weight excluding hydrogens is 280 g/mol. The van der Waals surface area contributed by atoms with Crippen molar-refractivity contribution in [3.63, 3.8) is 0 Å². The molecule has 1 heterocycles. The van der Waals surface area contributed by atoms with Gasteiger partial charge in [0.25, 0.3) is 0 Å². The molecule has 0 atom stereocenters. The second-order valence-corrected chi connectivity index (χ2v) is 7.71. The van der Waals surface area contributed by atoms with Crippen molar-refractivity contribution in [1.82, 2.24) is 10.0 Å². The Labute approximate surface area is 119 Å². The van der Waals surface area contributed by atoms with Crippen molar-refractivity contribution in [2.75, 3.05) is 13.1 Å². The highest BCUT2D eigenvalue weighted by Gasteiger charge is 2.21. The summed E-state index contributed by atoms with van der Waals surface area (Å²) in [6.45, 7) is 4.03. The van der Waals surface area contributed by atoms with E-state index < -0.39 is 10.0 Å². The fraction of sp³-hybridized carbons (Fsp3) is 0.692. The minimum Gasteiger partial charge on any atom is -0.312 e. The molecule has 1 saturated carbocycles. The molecule has 2 rings (SSSR count). The Morgan fingerprint density at radius 3 is 2.84 bits per heavy atom. The van der Waals surface area contributed by atoms with Gasteiger partial charge in [-0.15, -0.1) is 11.3 Å². The van der Waals surface area contributed by atoms with Crippen LogP contribution in [0.2, 0.25) is 0 Å². The molecule has 1 aliphatic carbocycles. The Morgan fingerprint density at radius 1 is 1.42 bits per heavy atom. The maximum Gasteiger partial charge on any atom is 0.241 e. The topological polar surface area (TPSA) is 58.2 Å². The van der Waals surface area contributed by atoms with Crippen LogP contribution in [0.1, 0.15) is 37.5 Å². The average molecular weight is 302 g/mol. The van der Waals surface area contributed by atoms with E-state index in [-0.39, 0.29) is 0 Å². The van der Waals surface area contributed by atoms with Gasteiger partial charge in [0.15, 0.2) is 0 Å². The molecule has 1 aromatic rings. The Kier molecular flexibility index (Phi) is 5.38. The summed E-state index contributed by atoms with van der Waals surface area (Å²) in [6, 6.07) is 1.70. The number of nitrogens with one attached hydrogen (secondary N) is 2. The monoisotopic (exact) mass is 302 g/mol. The van der Waals surface area contributed by atoms with E-state index in [0.29, 0.717) is 18.0 Å². The van der Waals surface area contributed by atoms with Gasteiger partial charge in [0, 0.05) is 18.0 Å². The summed E-state index contributed by atoms with van der Waals surface area (Å²) < 4.78 is 27.2. The zero-order chi connectivity index (χ0) is 13.7. The number of rotatable bonds is 8. The summed E-state index contributed by atoms with van der Waals surface area (Å²) in [5.41, 5.74) is 0. The molecule has 0 amide bonds. The maximum absolute atomic E-state index is 12.2. The highest BCUT2D eigenvalue weighted by Crippen LogP contribution is 2.29. The van der Waals surface area contributed by atoms with Gasteiger partial charge in [-0.05, 0) is 30.3 Å². The summed E-state index contributed by atoms with van der Waals surface area (Å²) in [4.78, 5) is 1.32. The van der Waals surface area contributed by atoms with Crippen molar-refractivity contribution in [2.45, 2.75) is 44.0 Å². The number of hydrogen-bond donors (Lipinski definition) is 2. The summed E-state index contributed by atoms with van der Waals surface area (Å²) in [5.74, 6) is 0.728. The van der Waals surface area contributed by atoms with Gasteiger partial charge in [-0.25, -0.2) is 13.1 Å². The molecule has 0 aromatic carbocycles. The van der Waals surface area contributed by atoms with Crippen LogP contribution in [0.25, 0.3) is 0 Å². The summed E-state index contributed by atoms with van der Waals surface area (Å²) >= 11 is 1.49. The molecule has 0 spiro atoms. The molecule has 0 radical (unpaired) electrons. The van der Waals surface area contributed by atoms with Crippen molar-refractivity contribution in [1.29, 1.82) is 0 Å². The third-order valence-corrected chi connectivity index (χ3v) is 6.19. The standard InChI is InChI=1S/C13H22N2O2S2/c1-2-14-10-12-13(7-9-18-12)19(16,17)15-8-6-11-4-3-5-11/h7,9,11,14-15H,2-6,8,10H2,1H3. The van der Waals surface area contributed by atoms with E-state index in [1.165, 1.54) is 30.6 Å². The summed E-state index contributed by atoms with van der Waals surface area (Å²) in [6.07, 6.45) is 4.78. The molecule has 4 nitrogen and oxygen atoms in total. The van der Waals surface area contributed by atoms with Crippen LogP contribution in [0.4, 0.5) is 0 Å². The molecule has 0 unspecified atom stereocenters. The summed E-state index contributed by atoms with van der Waals surface area (Å²) in [5, 5.41) is 5.01. The minimum absolute atomic E-state index is 0.437. The van der Waals surface area contributed by atoms with Crippen LogP contribution in [-0.4, -0.2) is 21.5 Å². The molecule has 6 heteroatoms. The lowest BCUT2D eigenvalue weighted by atomic mass is 9.83. The summed E-state index contributed by atoms with van der Waals surface area (Å²) in [7, 11) is -3.34. The normalized spacial score (nSPS) is 16.5. The Morgan fingerprint density at radius 2 is 2.21 bits per heavy atom. The first kappa shape index (κ1) is 15.0. The van der Waals surface area contributed by atoms with E-state index in [2.05, 4.69) is 10.0 Å². The lowest BCUT2D eigenvalue weighted by Gasteiger charge is -2.25. The predicted octanol–water partition coefficient (Wildman–Crippen LogP) is 2.33. The molecule has 1 aliphatic rings. The van der Waals surface area contributed by atoms with Gasteiger partial charge in [-0.1, -0.05) is 26.2 Å². The molecule has 0 saturated heterocycles. The Hall–Kier alpha value is -0.430. The van der Waals surface area contributed by atoms with Crippen LogP contribution in [0.3, 0.4) is 0 Å². The van der Waals surface area contributed by atoms with Gasteiger partial charge in [-0.2, -0.15) is 0 Å². The molecule has 19 heavy (non-hydrogen) atoms. The van der Waals surface area contributed by atoms with Crippen LogP contribution < -0.4 is 10.0 Å². The average Bonchev–Trinajstić information content (AvgIpc) is 2.78. The van der Waals surface area contributed by atoms with Gasteiger partial charge in [0.05, 0.1) is 4.90 Å². The Balaban J connectivity index is 1.91. The molecule has 0 aliphatic heterocycles. The molecule has 108 valence electrons. The van der Waals surface area contributed by atoms with Crippen molar-refractivity contribution in [3.05, 3.63) is 16.3 Å². The quantitative estimate of drug-likeness (QED) is 0.775. The first-order valence-corrected chi connectivity index (χ1v) is 9.26. The molecular formula is C13H22N2O2S2. The fourth-order valence-corrected chi connectivity index (χ4v) is 4.65. The number of sulfonamides is 1. The lowest BCUT2D eigenvalue weighted by Crippen LogP contribution is -2.28. The number of thiophene rings is 1. The zero-order valence-electron chi connectivity index (χ0n) is 11.3. The first-order chi connectivity index (χ1) is 9.13. The molecule has 2 N–H and O–H groups in total. The second-order valence-electron chi connectivity index (χ2n) is 4.97. The van der Waals surface area contributed by atoms with Gasteiger partial charge < -0.3 is 5.32 Å². The largest absolute Gasteiger partial charge is 0.312 e. The van der Waals surface area contributed by atoms with Crippen LogP contribution >= 0.6 is 11.3 Å². The first-order valence-electron chi connectivity index (χ1n) is 6.90. The van der Waals surface area contributed by atoms with Crippen molar-refractivity contribution >= 4 is 21.4 Å². The van der Waals surface area contributed by atoms with Gasteiger partial charge in [0.1, 0.15) is 0 Å². The van der Waals surface area contributed by atoms with Gasteiger partial charge >= 0.3 is 0 Å². The second kappa shape index (κ2) is 6.83. The van der Waals surface area contributed by atoms with Crippen LogP contribution in [0.5, 0.6) is 0 Å². The molecule has 0 bridgehead atoms. The van der Waals surface area contributed by atoms with Gasteiger partial charge in [0.2, 0.25) is 10.0 Å². The maximum atomic E-state index is 12.2. The van der Waals surface area contributed by atoms with Crippen LogP contribution in [-0.2, 0) is 16.6 Å². The van der Waals surface area contributed by atoms with E-state index in [1.54, 1.807) is 6.07 Å². The van der Waals surface area contributed by atoms with E-state index in [9.17, 15) is 8.42 Å². The van der Waals surface area contributed by atoms with Crippen molar-refractivity contribution in [2.24, 2.45) is 5.92 Å². The minimum atomic E-state index is -3.34.